The lowest BCUT2D eigenvalue weighted by Gasteiger charge is -2.52. The molecule has 8 aliphatic rings. The summed E-state index contributed by atoms with van der Waals surface area (Å²) >= 11 is 10.5. The van der Waals surface area contributed by atoms with E-state index in [9.17, 15) is 9.59 Å². The number of fused-ring (bicyclic) bond motifs is 7. The van der Waals surface area contributed by atoms with Gasteiger partial charge in [-0.2, -0.15) is 9.59 Å². The summed E-state index contributed by atoms with van der Waals surface area (Å²) in [5.74, 6) is 2.63. The van der Waals surface area contributed by atoms with Gasteiger partial charge in [0.2, 0.25) is 9.23 Å². The summed E-state index contributed by atoms with van der Waals surface area (Å²) in [7, 11) is 7.36. The molecule has 2 spiro atoms. The molecule has 2 atom stereocenters. The number of hydrogen-bond acceptors (Lipinski definition) is 11. The highest BCUT2D eigenvalue weighted by molar-refractivity contribution is 8.26. The number of thiophene rings is 3. The van der Waals surface area contributed by atoms with Gasteiger partial charge in [0.25, 0.3) is 5.24 Å². The Morgan fingerprint density at radius 1 is 0.672 bits per heavy atom. The molecule has 14 rings (SSSR count). The van der Waals surface area contributed by atoms with Gasteiger partial charge in [0.1, 0.15) is 0 Å². The van der Waals surface area contributed by atoms with Crippen LogP contribution in [0.25, 0.3) is 30.3 Å². The lowest BCUT2D eigenvalue weighted by molar-refractivity contribution is -0.191. The van der Waals surface area contributed by atoms with E-state index in [1.807, 2.05) is 29.6 Å². The number of carbonyl (C=O) groups is 2. The van der Waals surface area contributed by atoms with Gasteiger partial charge >= 0.3 is 6.15 Å². The Hall–Kier alpha value is -2.84. The average Bonchev–Trinajstić information content (AvgIpc) is 4.00. The summed E-state index contributed by atoms with van der Waals surface area (Å²) in [6.45, 7) is 5.21. The van der Waals surface area contributed by atoms with Crippen molar-refractivity contribution in [2.45, 2.75) is 74.9 Å². The Labute approximate surface area is 384 Å². The fraction of sp³-hybridized carbons (Fsp3) is 0.413. The van der Waals surface area contributed by atoms with Crippen molar-refractivity contribution in [2.75, 3.05) is 26.2 Å². The summed E-state index contributed by atoms with van der Waals surface area (Å²) in [5, 5.41) is 9.57. The minimum atomic E-state index is -1.67. The zero-order valence-electron chi connectivity index (χ0n) is 33.5. The quantitative estimate of drug-likeness (QED) is 0.137. The van der Waals surface area contributed by atoms with Crippen molar-refractivity contribution in [1.82, 2.24) is 9.80 Å². The highest BCUT2D eigenvalue weighted by Gasteiger charge is 2.60. The summed E-state index contributed by atoms with van der Waals surface area (Å²) in [4.78, 5) is 45.2. The van der Waals surface area contributed by atoms with E-state index in [1.54, 1.807) is 40.1 Å². The predicted octanol–water partition coefficient (Wildman–Crippen LogP) is 11.6. The van der Waals surface area contributed by atoms with E-state index < -0.39 is 14.5 Å². The van der Waals surface area contributed by atoms with Crippen LogP contribution in [0.3, 0.4) is 0 Å². The monoisotopic (exact) mass is 955 g/mol. The van der Waals surface area contributed by atoms with Crippen LogP contribution in [-0.4, -0.2) is 74.5 Å². The average molecular weight is 958 g/mol. The van der Waals surface area contributed by atoms with Gasteiger partial charge in [-0.3, -0.25) is 19.4 Å². The van der Waals surface area contributed by atoms with E-state index in [1.165, 1.54) is 97.7 Å². The molecule has 3 aromatic heterocycles. The van der Waals surface area contributed by atoms with E-state index in [0.717, 1.165) is 33.9 Å². The maximum atomic E-state index is 12.9. The van der Waals surface area contributed by atoms with E-state index in [4.69, 9.17) is 31.1 Å². The number of halogens is 3. The third kappa shape index (κ3) is 10.9. The smallest absolute Gasteiger partial charge is 0.326 e. The zero-order valence-corrected chi connectivity index (χ0v) is 39.1. The van der Waals surface area contributed by atoms with E-state index in [2.05, 4.69) is 90.5 Å². The fourth-order valence-electron chi connectivity index (χ4n) is 10.2. The second-order valence-electron chi connectivity index (χ2n) is 16.5. The van der Waals surface area contributed by atoms with Crippen LogP contribution in [0.15, 0.2) is 95.0 Å². The molecule has 2 saturated carbocycles. The summed E-state index contributed by atoms with van der Waals surface area (Å²) in [6.07, 6.45) is 11.8. The Balaban J connectivity index is 0.000000123. The predicted molar refractivity (Wildman–Crippen MR) is 253 cm³/mol. The molecule has 9 heterocycles. The largest absolute Gasteiger partial charge is 0.373 e. The van der Waals surface area contributed by atoms with Crippen molar-refractivity contribution >= 4 is 124 Å². The van der Waals surface area contributed by atoms with Crippen molar-refractivity contribution in [3.63, 3.8) is 0 Å². The number of carbonyl (C=O) groups excluding carboxylic acids is 4. The van der Waals surface area contributed by atoms with Crippen LogP contribution in [0, 0.1) is 17.8 Å². The Morgan fingerprint density at radius 2 is 1.11 bits per heavy atom. The number of ketones is 1. The fourth-order valence-corrected chi connectivity index (χ4v) is 12.7. The minimum absolute atomic E-state index is 0.250. The molecule has 61 heavy (non-hydrogen) atoms. The van der Waals surface area contributed by atoms with Crippen LogP contribution < -0.4 is 5.73 Å². The molecule has 4 bridgehead atoms. The second-order valence-corrected chi connectivity index (χ2v) is 22.2. The summed E-state index contributed by atoms with van der Waals surface area (Å²) in [5.41, 5.74) is 8.63. The molecule has 15 heteroatoms. The van der Waals surface area contributed by atoms with Crippen molar-refractivity contribution in [1.29, 1.82) is 0 Å². The third-order valence-electron chi connectivity index (χ3n) is 13.5. The van der Waals surface area contributed by atoms with Crippen LogP contribution in [0.5, 0.6) is 0 Å². The Bertz CT molecular complexity index is 2450. The van der Waals surface area contributed by atoms with Crippen LogP contribution in [-0.2, 0) is 18.8 Å². The van der Waals surface area contributed by atoms with Crippen LogP contribution >= 0.6 is 67.0 Å². The van der Waals surface area contributed by atoms with Gasteiger partial charge in [-0.05, 0) is 182 Å². The molecule has 2 unspecified atom stereocenters. The van der Waals surface area contributed by atoms with Crippen molar-refractivity contribution in [3.05, 3.63) is 106 Å². The topological polar surface area (TPSA) is 118 Å². The van der Waals surface area contributed by atoms with Crippen LogP contribution in [0.1, 0.15) is 78.5 Å². The molecule has 6 aliphatic heterocycles. The van der Waals surface area contributed by atoms with Crippen LogP contribution in [0.4, 0.5) is 0 Å². The standard InChI is InChI=1S/C19H21NOS.C9H5ClOS.C9H16N2.C8H6S.CO2.Cl2OS/c21-17(15-2-1-14-5-10-22-18(14)11-15)12-16-13-3-8-20(9-4-13)19(16)6-7-19;10-9(11)7-2-1-6-3-4-12-8(6)5-7;10-8-7-1-5-11(6-2-7)9(8)3-4-9;1-2-4-8-7(3-1)5-6-9-8;2-1-3;1-4(2)3/h1-2,5,10-11,13,16H,3-4,6-9,12H2;1-5H;7-8H,1-6,10H2;1-6H;;. The van der Waals surface area contributed by atoms with Gasteiger partial charge in [0.15, 0.2) is 5.78 Å². The first-order chi connectivity index (χ1) is 29.5. The first-order valence-electron chi connectivity index (χ1n) is 20.6. The highest BCUT2D eigenvalue weighted by Crippen LogP contribution is 2.58. The van der Waals surface area contributed by atoms with Gasteiger partial charge in [0, 0.05) is 70.1 Å². The number of hydrogen-bond donors (Lipinski definition) is 1. The molecule has 3 aromatic carbocycles. The van der Waals surface area contributed by atoms with Crippen molar-refractivity contribution < 1.29 is 23.4 Å². The summed E-state index contributed by atoms with van der Waals surface area (Å²) in [6, 6.07) is 26.9. The molecule has 0 radical (unpaired) electrons. The summed E-state index contributed by atoms with van der Waals surface area (Å²) < 4.78 is 12.8. The van der Waals surface area contributed by atoms with E-state index in [-0.39, 0.29) is 6.15 Å². The number of nitrogens with zero attached hydrogens (tertiary/aromatic N) is 2. The molecule has 6 saturated heterocycles. The number of rotatable bonds is 4. The van der Waals surface area contributed by atoms with Gasteiger partial charge < -0.3 is 5.73 Å². The molecule has 8 nitrogen and oxygen atoms in total. The molecular formula is C46H48Cl3N3O5S4. The minimum Gasteiger partial charge on any atom is -0.326 e. The molecule has 322 valence electrons. The van der Waals surface area contributed by atoms with Gasteiger partial charge in [-0.15, -0.1) is 34.0 Å². The Morgan fingerprint density at radius 3 is 1.59 bits per heavy atom. The molecule has 2 aliphatic carbocycles. The number of Topliss-reactive ketones (excluding diaryl/α,β-unsaturated/α-hetero) is 1. The first-order valence-corrected chi connectivity index (χ1v) is 26.4. The van der Waals surface area contributed by atoms with Gasteiger partial charge in [0.05, 0.1) is 0 Å². The third-order valence-corrected chi connectivity index (χ3v) is 16.4. The maximum Gasteiger partial charge on any atom is 0.373 e. The van der Waals surface area contributed by atoms with E-state index in [0.29, 0.717) is 34.4 Å². The second kappa shape index (κ2) is 20.8. The molecule has 2 N–H and O–H groups in total. The van der Waals surface area contributed by atoms with Crippen molar-refractivity contribution in [3.8, 4) is 0 Å². The van der Waals surface area contributed by atoms with Gasteiger partial charge in [-0.25, -0.2) is 4.21 Å². The van der Waals surface area contributed by atoms with Crippen molar-refractivity contribution in [2.24, 2.45) is 23.5 Å². The maximum absolute atomic E-state index is 12.9. The molecule has 8 fully saturated rings. The Kier molecular flexibility index (Phi) is 15.7. The molecule has 6 aromatic rings. The lowest BCUT2D eigenvalue weighted by atomic mass is 9.69. The zero-order chi connectivity index (χ0) is 43.1. The highest BCUT2D eigenvalue weighted by atomic mass is 36.0. The lowest BCUT2D eigenvalue weighted by Crippen LogP contribution is -2.63. The molecule has 0 amide bonds. The van der Waals surface area contributed by atoms with Crippen LogP contribution in [0.2, 0.25) is 0 Å². The van der Waals surface area contributed by atoms with E-state index >= 15 is 0 Å². The number of piperidine rings is 6. The number of benzene rings is 3. The number of nitrogens with two attached hydrogens (primary N) is 1. The molecular weight excluding hydrogens is 909 g/mol. The normalized spacial score (nSPS) is 25.0. The SMILES string of the molecule is NC1C2CCN(CC2)C12CC2.O=C(CC1C2CCN(CC2)C12CC2)c1ccc2ccsc2c1.O=C(Cl)c1ccc2ccsc2c1.O=C=O.O=S(Cl)Cl.c1ccc2sccc2c1. The first kappa shape index (κ1) is 46.2. The van der Waals surface area contributed by atoms with Gasteiger partial charge in [-0.1, -0.05) is 36.4 Å².